The predicted molar refractivity (Wildman–Crippen MR) is 83.0 cm³/mol. The molecule has 0 spiro atoms. The number of aromatic nitrogens is 1. The number of amides is 1. The van der Waals surface area contributed by atoms with Crippen molar-refractivity contribution in [2.24, 2.45) is 0 Å². The van der Waals surface area contributed by atoms with E-state index < -0.39 is 0 Å². The minimum atomic E-state index is -0.193. The fourth-order valence-corrected chi connectivity index (χ4v) is 2.49. The van der Waals surface area contributed by atoms with Crippen LogP contribution < -0.4 is 5.32 Å². The summed E-state index contributed by atoms with van der Waals surface area (Å²) >= 11 is 1.55. The Morgan fingerprint density at radius 3 is 3.05 bits per heavy atom. The molecule has 2 heterocycles. The molecule has 0 aromatic carbocycles. The van der Waals surface area contributed by atoms with E-state index in [0.717, 1.165) is 16.1 Å². The Morgan fingerprint density at radius 2 is 2.29 bits per heavy atom. The Balaban J connectivity index is 1.99. The third kappa shape index (κ3) is 4.42. The first-order chi connectivity index (χ1) is 10.2. The smallest absolute Gasteiger partial charge is 0.270 e. The van der Waals surface area contributed by atoms with E-state index in [9.17, 15) is 4.79 Å². The number of pyridine rings is 1. The summed E-state index contributed by atoms with van der Waals surface area (Å²) in [6.45, 7) is 2.34. The number of nitrogens with one attached hydrogen (secondary N) is 1. The van der Waals surface area contributed by atoms with Gasteiger partial charge < -0.3 is 10.4 Å². The number of carbonyl (C=O) groups is 1. The molecule has 2 aromatic rings. The average molecular weight is 300 g/mol. The summed E-state index contributed by atoms with van der Waals surface area (Å²) in [5.74, 6) is 5.69. The Labute approximate surface area is 127 Å². The summed E-state index contributed by atoms with van der Waals surface area (Å²) in [6, 6.07) is 7.28. The number of rotatable bonds is 4. The quantitative estimate of drug-likeness (QED) is 0.850. The molecule has 0 fully saturated rings. The second-order valence-corrected chi connectivity index (χ2v) is 5.38. The molecule has 21 heavy (non-hydrogen) atoms. The Hall–Kier alpha value is -2.16. The second-order valence-electron chi connectivity index (χ2n) is 4.38. The maximum atomic E-state index is 12.0. The molecule has 2 N–H and O–H groups in total. The second kappa shape index (κ2) is 7.58. The van der Waals surface area contributed by atoms with Crippen LogP contribution in [0.2, 0.25) is 0 Å². The Morgan fingerprint density at radius 1 is 1.43 bits per heavy atom. The number of nitrogens with zero attached hydrogens (tertiary/aromatic N) is 1. The lowest BCUT2D eigenvalue weighted by molar-refractivity contribution is 0.0946. The van der Waals surface area contributed by atoms with Gasteiger partial charge in [-0.2, -0.15) is 0 Å². The lowest BCUT2D eigenvalue weighted by Gasteiger charge is -2.04. The Bertz CT molecular complexity index is 683. The summed E-state index contributed by atoms with van der Waals surface area (Å²) in [4.78, 5) is 17.2. The third-order valence-electron chi connectivity index (χ3n) is 2.74. The maximum absolute atomic E-state index is 12.0. The van der Waals surface area contributed by atoms with E-state index >= 15 is 0 Å². The molecule has 0 aliphatic heterocycles. The topological polar surface area (TPSA) is 62.2 Å². The highest BCUT2D eigenvalue weighted by atomic mass is 32.1. The van der Waals surface area contributed by atoms with Crippen LogP contribution in [-0.2, 0) is 6.54 Å². The molecule has 0 aliphatic rings. The minimum absolute atomic E-state index is 0.0578. The van der Waals surface area contributed by atoms with Crippen molar-refractivity contribution in [3.8, 4) is 11.8 Å². The number of thiophene rings is 1. The Kier molecular flexibility index (Phi) is 5.50. The molecular weight excluding hydrogens is 284 g/mol. The lowest BCUT2D eigenvalue weighted by Crippen LogP contribution is -2.23. The molecule has 0 atom stereocenters. The van der Waals surface area contributed by atoms with Crippen molar-refractivity contribution in [3.05, 3.63) is 51.5 Å². The molecule has 108 valence electrons. The van der Waals surface area contributed by atoms with E-state index in [1.165, 1.54) is 0 Å². The predicted octanol–water partition coefficient (Wildman–Crippen LogP) is 2.12. The molecule has 4 nitrogen and oxygen atoms in total. The molecule has 1 amide bonds. The van der Waals surface area contributed by atoms with Crippen molar-refractivity contribution >= 4 is 17.2 Å². The van der Waals surface area contributed by atoms with Crippen LogP contribution in [0.15, 0.2) is 29.6 Å². The first-order valence-corrected chi connectivity index (χ1v) is 7.46. The highest BCUT2D eigenvalue weighted by molar-refractivity contribution is 7.10. The van der Waals surface area contributed by atoms with Crippen molar-refractivity contribution in [1.82, 2.24) is 10.3 Å². The largest absolute Gasteiger partial charge is 0.395 e. The number of carbonyl (C=O) groups excluding carboxylic acids is 1. The van der Waals surface area contributed by atoms with Crippen LogP contribution in [0.3, 0.4) is 0 Å². The number of aliphatic hydroxyl groups excluding tert-OH is 1. The number of aliphatic hydroxyl groups is 1. The number of aryl methyl sites for hydroxylation is 1. The molecule has 0 aliphatic carbocycles. The van der Waals surface area contributed by atoms with E-state index in [1.54, 1.807) is 17.4 Å². The molecule has 0 bridgehead atoms. The molecule has 0 radical (unpaired) electrons. The van der Waals surface area contributed by atoms with Gasteiger partial charge in [-0.1, -0.05) is 17.9 Å². The van der Waals surface area contributed by atoms with E-state index in [4.69, 9.17) is 5.11 Å². The van der Waals surface area contributed by atoms with Gasteiger partial charge in [0.2, 0.25) is 0 Å². The van der Waals surface area contributed by atoms with Crippen molar-refractivity contribution in [2.45, 2.75) is 19.9 Å². The summed E-state index contributed by atoms with van der Waals surface area (Å²) in [7, 11) is 0. The molecule has 0 saturated carbocycles. The molecule has 0 saturated heterocycles. The summed E-state index contributed by atoms with van der Waals surface area (Å²) in [6.07, 6.45) is 0.453. The van der Waals surface area contributed by atoms with Crippen LogP contribution in [0.4, 0.5) is 0 Å². The zero-order chi connectivity index (χ0) is 15.1. The van der Waals surface area contributed by atoms with E-state index in [2.05, 4.69) is 22.1 Å². The van der Waals surface area contributed by atoms with Crippen LogP contribution in [0, 0.1) is 18.8 Å². The fourth-order valence-electron chi connectivity index (χ4n) is 1.72. The van der Waals surface area contributed by atoms with Crippen molar-refractivity contribution in [1.29, 1.82) is 0 Å². The highest BCUT2D eigenvalue weighted by Gasteiger charge is 2.08. The summed E-state index contributed by atoms with van der Waals surface area (Å²) < 4.78 is 0. The van der Waals surface area contributed by atoms with E-state index in [1.807, 2.05) is 30.5 Å². The van der Waals surface area contributed by atoms with Gasteiger partial charge in [0, 0.05) is 22.6 Å². The lowest BCUT2D eigenvalue weighted by atomic mass is 10.2. The fraction of sp³-hybridized carbons (Fsp3) is 0.250. The van der Waals surface area contributed by atoms with Gasteiger partial charge in [-0.25, -0.2) is 4.98 Å². The third-order valence-corrected chi connectivity index (χ3v) is 3.66. The highest BCUT2D eigenvalue weighted by Crippen LogP contribution is 2.15. The first kappa shape index (κ1) is 15.2. The van der Waals surface area contributed by atoms with Crippen molar-refractivity contribution < 1.29 is 9.90 Å². The van der Waals surface area contributed by atoms with Gasteiger partial charge in [0.25, 0.3) is 5.91 Å². The zero-order valence-electron chi connectivity index (χ0n) is 11.7. The number of hydrogen-bond donors (Lipinski definition) is 2. The standard InChI is InChI=1S/C16H16N2O2S/c1-12-5-4-7-14(18-12)16(20)17-11-15-13(8-10-21-15)6-2-3-9-19/h4-5,7-8,10,19H,3,9,11H2,1H3,(H,17,20). The van der Waals surface area contributed by atoms with Gasteiger partial charge in [0.05, 0.1) is 13.2 Å². The maximum Gasteiger partial charge on any atom is 0.270 e. The molecular formula is C16H16N2O2S. The molecule has 5 heteroatoms. The van der Waals surface area contributed by atoms with Gasteiger partial charge in [-0.15, -0.1) is 11.3 Å². The van der Waals surface area contributed by atoms with Crippen molar-refractivity contribution in [2.75, 3.05) is 6.61 Å². The molecule has 2 rings (SSSR count). The van der Waals surface area contributed by atoms with Gasteiger partial charge in [-0.05, 0) is 30.5 Å². The number of hydrogen-bond acceptors (Lipinski definition) is 4. The van der Waals surface area contributed by atoms with Crippen LogP contribution >= 0.6 is 11.3 Å². The molecule has 0 unspecified atom stereocenters. The SMILES string of the molecule is Cc1cccc(C(=O)NCc2sccc2C#CCCO)n1. The van der Waals surface area contributed by atoms with Gasteiger partial charge in [0.1, 0.15) is 5.69 Å². The zero-order valence-corrected chi connectivity index (χ0v) is 12.5. The average Bonchev–Trinajstić information content (AvgIpc) is 2.92. The monoisotopic (exact) mass is 300 g/mol. The first-order valence-electron chi connectivity index (χ1n) is 6.58. The van der Waals surface area contributed by atoms with Crippen LogP contribution in [0.5, 0.6) is 0 Å². The van der Waals surface area contributed by atoms with E-state index in [-0.39, 0.29) is 12.5 Å². The van der Waals surface area contributed by atoms with Gasteiger partial charge >= 0.3 is 0 Å². The molecule has 2 aromatic heterocycles. The normalized spacial score (nSPS) is 9.81. The summed E-state index contributed by atoms with van der Waals surface area (Å²) in [5.41, 5.74) is 2.12. The van der Waals surface area contributed by atoms with Crippen LogP contribution in [0.25, 0.3) is 0 Å². The van der Waals surface area contributed by atoms with E-state index in [0.29, 0.717) is 18.7 Å². The van der Waals surface area contributed by atoms with Crippen LogP contribution in [-0.4, -0.2) is 22.6 Å². The minimum Gasteiger partial charge on any atom is -0.395 e. The van der Waals surface area contributed by atoms with Gasteiger partial charge in [-0.3, -0.25) is 4.79 Å². The van der Waals surface area contributed by atoms with Gasteiger partial charge in [0.15, 0.2) is 0 Å². The van der Waals surface area contributed by atoms with Crippen molar-refractivity contribution in [3.63, 3.8) is 0 Å². The van der Waals surface area contributed by atoms with Crippen LogP contribution in [0.1, 0.15) is 33.0 Å². The summed E-state index contributed by atoms with van der Waals surface area (Å²) in [5, 5.41) is 13.5.